The minimum absolute atomic E-state index is 0.00779. The zero-order valence-corrected chi connectivity index (χ0v) is 10.1. The average Bonchev–Trinajstić information content (AvgIpc) is 2.36. The number of carboxylic acid groups (broad SMARTS) is 1. The van der Waals surface area contributed by atoms with Crippen LogP contribution in [0.25, 0.3) is 0 Å². The van der Waals surface area contributed by atoms with Gasteiger partial charge >= 0.3 is 11.9 Å². The molecule has 0 aliphatic heterocycles. The Kier molecular flexibility index (Phi) is 5.34. The molecule has 7 nitrogen and oxygen atoms in total. The summed E-state index contributed by atoms with van der Waals surface area (Å²) >= 11 is 0. The molecule has 0 radical (unpaired) electrons. The van der Waals surface area contributed by atoms with Crippen LogP contribution >= 0.6 is 0 Å². The number of hydrogen-bond acceptors (Lipinski definition) is 5. The Bertz CT molecular complexity index is 481. The molecule has 0 fully saturated rings. The van der Waals surface area contributed by atoms with Gasteiger partial charge in [0.15, 0.2) is 5.84 Å². The van der Waals surface area contributed by atoms with E-state index in [1.165, 1.54) is 24.3 Å². The molecular weight excluding hydrogens is 252 g/mol. The number of hydrogen-bond donors (Lipinski definition) is 3. The summed E-state index contributed by atoms with van der Waals surface area (Å²) in [5.74, 6) is -1.54. The van der Waals surface area contributed by atoms with Crippen LogP contribution in [0.5, 0.6) is 5.75 Å². The lowest BCUT2D eigenvalue weighted by Crippen LogP contribution is -2.15. The fourth-order valence-electron chi connectivity index (χ4n) is 1.21. The minimum atomic E-state index is -0.972. The zero-order valence-electron chi connectivity index (χ0n) is 10.1. The molecule has 1 rings (SSSR count). The van der Waals surface area contributed by atoms with Crippen LogP contribution in [-0.2, 0) is 14.4 Å². The Morgan fingerprint density at radius 3 is 2.42 bits per heavy atom. The van der Waals surface area contributed by atoms with Crippen molar-refractivity contribution in [3.05, 3.63) is 29.8 Å². The van der Waals surface area contributed by atoms with Crippen molar-refractivity contribution < 1.29 is 24.6 Å². The van der Waals surface area contributed by atoms with Crippen LogP contribution in [0.2, 0.25) is 0 Å². The molecule has 0 aliphatic rings. The molecule has 0 bridgehead atoms. The molecule has 1 aromatic carbocycles. The number of phenolic OH excluding ortho intramolecular Hbond substituents is 1. The summed E-state index contributed by atoms with van der Waals surface area (Å²) in [7, 11) is 0. The van der Waals surface area contributed by atoms with Gasteiger partial charge in [-0.2, -0.15) is 0 Å². The molecule has 4 N–H and O–H groups in total. The number of nitrogens with zero attached hydrogens (tertiary/aromatic N) is 1. The predicted octanol–water partition coefficient (Wildman–Crippen LogP) is 0.811. The number of oxime groups is 1. The summed E-state index contributed by atoms with van der Waals surface area (Å²) in [6.45, 7) is 0. The first kappa shape index (κ1) is 14.5. The van der Waals surface area contributed by atoms with Crippen molar-refractivity contribution in [3.8, 4) is 5.75 Å². The molecule has 0 atom stereocenters. The first-order valence-electron chi connectivity index (χ1n) is 5.53. The quantitative estimate of drug-likeness (QED) is 0.303. The van der Waals surface area contributed by atoms with Crippen LogP contribution in [0.4, 0.5) is 0 Å². The SMILES string of the molecule is N/C(=N\OC(=O)CCCC(=O)O)c1ccc(O)cc1. The number of aliphatic carboxylic acids is 1. The van der Waals surface area contributed by atoms with Gasteiger partial charge in [-0.25, -0.2) is 4.79 Å². The molecular formula is C12H14N2O5. The van der Waals surface area contributed by atoms with Crippen LogP contribution in [0.1, 0.15) is 24.8 Å². The highest BCUT2D eigenvalue weighted by atomic mass is 16.7. The van der Waals surface area contributed by atoms with Crippen LogP contribution in [-0.4, -0.2) is 28.0 Å². The lowest BCUT2D eigenvalue weighted by Gasteiger charge is -2.01. The molecule has 0 aromatic heterocycles. The van der Waals surface area contributed by atoms with Crippen LogP contribution in [0, 0.1) is 0 Å². The Morgan fingerprint density at radius 1 is 1.21 bits per heavy atom. The number of nitrogens with two attached hydrogens (primary N) is 1. The molecule has 0 unspecified atom stereocenters. The maximum absolute atomic E-state index is 11.2. The maximum Gasteiger partial charge on any atom is 0.335 e. The highest BCUT2D eigenvalue weighted by Crippen LogP contribution is 2.09. The first-order valence-corrected chi connectivity index (χ1v) is 5.53. The van der Waals surface area contributed by atoms with Gasteiger partial charge in [-0.3, -0.25) is 4.79 Å². The lowest BCUT2D eigenvalue weighted by atomic mass is 10.2. The number of carbonyl (C=O) groups excluding carboxylic acids is 1. The van der Waals surface area contributed by atoms with Crippen molar-refractivity contribution in [1.82, 2.24) is 0 Å². The number of phenols is 1. The Balaban J connectivity index is 2.44. The highest BCUT2D eigenvalue weighted by Gasteiger charge is 2.06. The van der Waals surface area contributed by atoms with Gasteiger partial charge in [0.1, 0.15) is 5.75 Å². The second-order valence-corrected chi connectivity index (χ2v) is 3.73. The third kappa shape index (κ3) is 5.53. The zero-order chi connectivity index (χ0) is 14.3. The van der Waals surface area contributed by atoms with Crippen molar-refractivity contribution >= 4 is 17.8 Å². The molecule has 0 spiro atoms. The van der Waals surface area contributed by atoms with Gasteiger partial charge in [-0.15, -0.1) is 0 Å². The van der Waals surface area contributed by atoms with E-state index in [-0.39, 0.29) is 30.8 Å². The molecule has 0 amide bonds. The second kappa shape index (κ2) is 7.00. The van der Waals surface area contributed by atoms with E-state index in [0.717, 1.165) is 0 Å². The molecule has 0 saturated heterocycles. The van der Waals surface area contributed by atoms with E-state index in [9.17, 15) is 9.59 Å². The molecule has 0 heterocycles. The molecule has 102 valence electrons. The average molecular weight is 266 g/mol. The van der Waals surface area contributed by atoms with Crippen LogP contribution in [0.15, 0.2) is 29.4 Å². The lowest BCUT2D eigenvalue weighted by molar-refractivity contribution is -0.144. The molecule has 0 saturated carbocycles. The van der Waals surface area contributed by atoms with Crippen molar-refractivity contribution in [1.29, 1.82) is 0 Å². The van der Waals surface area contributed by atoms with Gasteiger partial charge < -0.3 is 20.8 Å². The van der Waals surface area contributed by atoms with Gasteiger partial charge in [0.25, 0.3) is 0 Å². The van der Waals surface area contributed by atoms with Crippen LogP contribution in [0.3, 0.4) is 0 Å². The minimum Gasteiger partial charge on any atom is -0.508 e. The van der Waals surface area contributed by atoms with Crippen molar-refractivity contribution in [2.45, 2.75) is 19.3 Å². The number of carbonyl (C=O) groups is 2. The fraction of sp³-hybridized carbons (Fsp3) is 0.250. The van der Waals surface area contributed by atoms with Crippen LogP contribution < -0.4 is 5.73 Å². The molecule has 7 heteroatoms. The van der Waals surface area contributed by atoms with E-state index in [2.05, 4.69) is 9.99 Å². The van der Waals surface area contributed by atoms with Crippen molar-refractivity contribution in [2.24, 2.45) is 10.9 Å². The number of aromatic hydroxyl groups is 1. The Morgan fingerprint density at radius 2 is 1.84 bits per heavy atom. The van der Waals surface area contributed by atoms with Crippen molar-refractivity contribution in [2.75, 3.05) is 0 Å². The number of amidine groups is 1. The van der Waals surface area contributed by atoms with Crippen molar-refractivity contribution in [3.63, 3.8) is 0 Å². The smallest absolute Gasteiger partial charge is 0.335 e. The normalized spacial score (nSPS) is 11.1. The molecule has 1 aromatic rings. The van der Waals surface area contributed by atoms with Gasteiger partial charge in [0.05, 0.1) is 0 Å². The summed E-state index contributed by atoms with van der Waals surface area (Å²) < 4.78 is 0. The first-order chi connectivity index (χ1) is 8.99. The standard InChI is InChI=1S/C12H14N2O5/c13-12(8-4-6-9(15)7-5-8)14-19-11(18)3-1-2-10(16)17/h4-7,15H,1-3H2,(H2,13,14)(H,16,17). The van der Waals surface area contributed by atoms with E-state index in [1.54, 1.807) is 0 Å². The predicted molar refractivity (Wildman–Crippen MR) is 66.4 cm³/mol. The Labute approximate surface area is 109 Å². The van der Waals surface area contributed by atoms with Gasteiger partial charge in [-0.05, 0) is 30.7 Å². The third-order valence-corrected chi connectivity index (χ3v) is 2.18. The van der Waals surface area contributed by atoms with E-state index in [1.807, 2.05) is 0 Å². The number of carboxylic acids is 1. The molecule has 0 aliphatic carbocycles. The van der Waals surface area contributed by atoms with E-state index >= 15 is 0 Å². The molecule has 19 heavy (non-hydrogen) atoms. The highest BCUT2D eigenvalue weighted by molar-refractivity contribution is 5.97. The Hall–Kier alpha value is -2.57. The summed E-state index contributed by atoms with van der Waals surface area (Å²) in [6, 6.07) is 5.89. The summed E-state index contributed by atoms with van der Waals surface area (Å²) in [6.07, 6.45) is 0.0354. The maximum atomic E-state index is 11.2. The van der Waals surface area contributed by atoms with E-state index in [0.29, 0.717) is 5.56 Å². The summed E-state index contributed by atoms with van der Waals surface area (Å²) in [4.78, 5) is 26.0. The van der Waals surface area contributed by atoms with E-state index in [4.69, 9.17) is 15.9 Å². The second-order valence-electron chi connectivity index (χ2n) is 3.73. The fourth-order valence-corrected chi connectivity index (χ4v) is 1.21. The van der Waals surface area contributed by atoms with Gasteiger partial charge in [0, 0.05) is 18.4 Å². The third-order valence-electron chi connectivity index (χ3n) is 2.18. The van der Waals surface area contributed by atoms with E-state index < -0.39 is 11.9 Å². The summed E-state index contributed by atoms with van der Waals surface area (Å²) in [5, 5.41) is 20.9. The summed E-state index contributed by atoms with van der Waals surface area (Å²) in [5.41, 5.74) is 6.06. The number of benzene rings is 1. The van der Waals surface area contributed by atoms with Gasteiger partial charge in [0.2, 0.25) is 0 Å². The largest absolute Gasteiger partial charge is 0.508 e. The number of rotatable bonds is 6. The topological polar surface area (TPSA) is 122 Å². The monoisotopic (exact) mass is 266 g/mol. The van der Waals surface area contributed by atoms with Gasteiger partial charge in [-0.1, -0.05) is 5.16 Å².